The summed E-state index contributed by atoms with van der Waals surface area (Å²) in [6.45, 7) is 0.423. The summed E-state index contributed by atoms with van der Waals surface area (Å²) in [5.41, 5.74) is 2.49. The van der Waals surface area contributed by atoms with Crippen LogP contribution in [0, 0.1) is 0 Å². The molecule has 158 valence electrons. The maximum absolute atomic E-state index is 12.8. The van der Waals surface area contributed by atoms with E-state index in [9.17, 15) is 9.59 Å². The van der Waals surface area contributed by atoms with Crippen LogP contribution in [0.25, 0.3) is 0 Å². The number of carbonyl (C=O) groups is 2. The number of hydrogen-bond acceptors (Lipinski definition) is 3. The molecule has 0 bridgehead atoms. The van der Waals surface area contributed by atoms with Gasteiger partial charge in [0.05, 0.1) is 0 Å². The second kappa shape index (κ2) is 9.94. The normalized spacial score (nSPS) is 13.8. The van der Waals surface area contributed by atoms with Crippen molar-refractivity contribution in [2.24, 2.45) is 0 Å². The summed E-state index contributed by atoms with van der Waals surface area (Å²) in [5, 5.41) is 5.91. The van der Waals surface area contributed by atoms with E-state index in [1.807, 2.05) is 72.8 Å². The van der Waals surface area contributed by atoms with E-state index in [0.29, 0.717) is 18.6 Å². The number of amides is 2. The quantitative estimate of drug-likeness (QED) is 0.558. The van der Waals surface area contributed by atoms with Crippen molar-refractivity contribution in [1.82, 2.24) is 10.6 Å². The standard InChI is InChI=1S/C26H26N2O3/c29-25(21-13-11-20(12-14-21)18-31-23-9-5-2-6-10-23)28-24(26(30)27-22-15-16-22)17-19-7-3-1-4-8-19/h1-14,22,24H,15-18H2,(H,27,30)(H,28,29). The molecule has 1 unspecified atom stereocenters. The molecule has 3 aromatic rings. The second-order valence-corrected chi connectivity index (χ2v) is 7.80. The van der Waals surface area contributed by atoms with Crippen molar-refractivity contribution >= 4 is 11.8 Å². The predicted octanol–water partition coefficient (Wildman–Crippen LogP) is 3.89. The van der Waals surface area contributed by atoms with Crippen LogP contribution in [0.2, 0.25) is 0 Å². The third-order valence-corrected chi connectivity index (χ3v) is 5.19. The van der Waals surface area contributed by atoms with E-state index < -0.39 is 6.04 Å². The van der Waals surface area contributed by atoms with E-state index in [4.69, 9.17) is 4.74 Å². The van der Waals surface area contributed by atoms with Crippen LogP contribution >= 0.6 is 0 Å². The fraction of sp³-hybridized carbons (Fsp3) is 0.231. The first-order valence-electron chi connectivity index (χ1n) is 10.6. The van der Waals surface area contributed by atoms with Gasteiger partial charge in [-0.15, -0.1) is 0 Å². The Labute approximate surface area is 182 Å². The van der Waals surface area contributed by atoms with Crippen LogP contribution in [0.1, 0.15) is 34.3 Å². The average molecular weight is 415 g/mol. The summed E-state index contributed by atoms with van der Waals surface area (Å²) in [6.07, 6.45) is 2.46. The molecule has 0 radical (unpaired) electrons. The summed E-state index contributed by atoms with van der Waals surface area (Å²) in [5.74, 6) is 0.407. The molecule has 1 fully saturated rings. The molecule has 4 rings (SSSR count). The number of nitrogens with one attached hydrogen (secondary N) is 2. The fourth-order valence-electron chi connectivity index (χ4n) is 3.27. The summed E-state index contributed by atoms with van der Waals surface area (Å²) in [7, 11) is 0. The van der Waals surface area contributed by atoms with Crippen LogP contribution in [-0.2, 0) is 17.8 Å². The lowest BCUT2D eigenvalue weighted by Crippen LogP contribution is -2.48. The maximum Gasteiger partial charge on any atom is 0.251 e. The maximum atomic E-state index is 12.8. The fourth-order valence-corrected chi connectivity index (χ4v) is 3.27. The highest BCUT2D eigenvalue weighted by Crippen LogP contribution is 2.19. The molecule has 0 saturated heterocycles. The molecule has 5 heteroatoms. The molecule has 2 N–H and O–H groups in total. The minimum Gasteiger partial charge on any atom is -0.489 e. The zero-order valence-corrected chi connectivity index (χ0v) is 17.3. The molecule has 1 aliphatic carbocycles. The SMILES string of the molecule is O=C(NC(Cc1ccccc1)C(=O)NC1CC1)c1ccc(COc2ccccc2)cc1. The van der Waals surface area contributed by atoms with Gasteiger partial charge in [-0.3, -0.25) is 9.59 Å². The minimum absolute atomic E-state index is 0.132. The van der Waals surface area contributed by atoms with Crippen LogP contribution in [-0.4, -0.2) is 23.9 Å². The van der Waals surface area contributed by atoms with Crippen LogP contribution in [0.4, 0.5) is 0 Å². The van der Waals surface area contributed by atoms with Gasteiger partial charge in [0.1, 0.15) is 18.4 Å². The zero-order valence-electron chi connectivity index (χ0n) is 17.3. The molecule has 1 saturated carbocycles. The third-order valence-electron chi connectivity index (χ3n) is 5.19. The highest BCUT2D eigenvalue weighted by molar-refractivity contribution is 5.97. The molecule has 0 spiro atoms. The topological polar surface area (TPSA) is 67.4 Å². The second-order valence-electron chi connectivity index (χ2n) is 7.80. The predicted molar refractivity (Wildman–Crippen MR) is 120 cm³/mol. The lowest BCUT2D eigenvalue weighted by Gasteiger charge is -2.19. The lowest BCUT2D eigenvalue weighted by molar-refractivity contribution is -0.123. The van der Waals surface area contributed by atoms with Gasteiger partial charge in [-0.1, -0.05) is 60.7 Å². The first-order chi connectivity index (χ1) is 15.2. The number of hydrogen-bond donors (Lipinski definition) is 2. The van der Waals surface area contributed by atoms with Gasteiger partial charge < -0.3 is 15.4 Å². The third kappa shape index (κ3) is 6.19. The van der Waals surface area contributed by atoms with Crippen molar-refractivity contribution in [3.63, 3.8) is 0 Å². The van der Waals surface area contributed by atoms with Gasteiger partial charge in [0.2, 0.25) is 5.91 Å². The molecule has 0 heterocycles. The summed E-state index contributed by atoms with van der Waals surface area (Å²) in [6, 6.07) is 26.2. The molecule has 5 nitrogen and oxygen atoms in total. The van der Waals surface area contributed by atoms with Gasteiger partial charge in [-0.2, -0.15) is 0 Å². The Balaban J connectivity index is 1.38. The van der Waals surface area contributed by atoms with Crippen molar-refractivity contribution in [1.29, 1.82) is 0 Å². The van der Waals surface area contributed by atoms with Crippen molar-refractivity contribution < 1.29 is 14.3 Å². The molecule has 1 atom stereocenters. The molecule has 31 heavy (non-hydrogen) atoms. The van der Waals surface area contributed by atoms with Crippen LogP contribution < -0.4 is 15.4 Å². The lowest BCUT2D eigenvalue weighted by atomic mass is 10.0. The highest BCUT2D eigenvalue weighted by atomic mass is 16.5. The number of rotatable bonds is 9. The van der Waals surface area contributed by atoms with Gasteiger partial charge in [0.25, 0.3) is 5.91 Å². The Morgan fingerprint density at radius 1 is 0.839 bits per heavy atom. The Bertz CT molecular complexity index is 1000. The van der Waals surface area contributed by atoms with Crippen LogP contribution in [0.15, 0.2) is 84.9 Å². The smallest absolute Gasteiger partial charge is 0.251 e. The molecular formula is C26H26N2O3. The Morgan fingerprint density at radius 3 is 2.13 bits per heavy atom. The Hall–Kier alpha value is -3.60. The number of para-hydroxylation sites is 1. The summed E-state index contributed by atoms with van der Waals surface area (Å²) < 4.78 is 5.74. The van der Waals surface area contributed by atoms with Crippen LogP contribution in [0.3, 0.4) is 0 Å². The van der Waals surface area contributed by atoms with E-state index >= 15 is 0 Å². The molecule has 2 amide bonds. The Morgan fingerprint density at radius 2 is 1.48 bits per heavy atom. The van der Waals surface area contributed by atoms with Gasteiger partial charge >= 0.3 is 0 Å². The van der Waals surface area contributed by atoms with Crippen molar-refractivity contribution in [3.8, 4) is 5.75 Å². The van der Waals surface area contributed by atoms with E-state index in [2.05, 4.69) is 10.6 Å². The van der Waals surface area contributed by atoms with E-state index in [-0.39, 0.29) is 17.9 Å². The van der Waals surface area contributed by atoms with Crippen molar-refractivity contribution in [2.45, 2.75) is 38.0 Å². The van der Waals surface area contributed by atoms with Crippen molar-refractivity contribution in [2.75, 3.05) is 0 Å². The van der Waals surface area contributed by atoms with Gasteiger partial charge in [-0.05, 0) is 48.2 Å². The van der Waals surface area contributed by atoms with Gasteiger partial charge in [-0.25, -0.2) is 0 Å². The highest BCUT2D eigenvalue weighted by Gasteiger charge is 2.28. The van der Waals surface area contributed by atoms with E-state index in [1.165, 1.54) is 0 Å². The van der Waals surface area contributed by atoms with Crippen LogP contribution in [0.5, 0.6) is 5.75 Å². The van der Waals surface area contributed by atoms with Gasteiger partial charge in [0, 0.05) is 18.0 Å². The summed E-state index contributed by atoms with van der Waals surface area (Å²) >= 11 is 0. The molecule has 3 aromatic carbocycles. The largest absolute Gasteiger partial charge is 0.489 e. The first kappa shape index (κ1) is 20.7. The number of benzene rings is 3. The van der Waals surface area contributed by atoms with E-state index in [0.717, 1.165) is 29.7 Å². The minimum atomic E-state index is -0.614. The molecular weight excluding hydrogens is 388 g/mol. The first-order valence-corrected chi connectivity index (χ1v) is 10.6. The molecule has 0 aromatic heterocycles. The number of ether oxygens (including phenoxy) is 1. The van der Waals surface area contributed by atoms with Crippen molar-refractivity contribution in [3.05, 3.63) is 102 Å². The monoisotopic (exact) mass is 414 g/mol. The molecule has 0 aliphatic heterocycles. The molecule has 1 aliphatic rings. The number of carbonyl (C=O) groups excluding carboxylic acids is 2. The van der Waals surface area contributed by atoms with Gasteiger partial charge in [0.15, 0.2) is 0 Å². The Kier molecular flexibility index (Phi) is 6.62. The van der Waals surface area contributed by atoms with E-state index in [1.54, 1.807) is 12.1 Å². The summed E-state index contributed by atoms with van der Waals surface area (Å²) in [4.78, 5) is 25.5. The zero-order chi connectivity index (χ0) is 21.5. The average Bonchev–Trinajstić information content (AvgIpc) is 3.63.